The number of esters is 2. The highest BCUT2D eigenvalue weighted by Gasteiger charge is 2.25. The zero-order valence-corrected chi connectivity index (χ0v) is 25.3. The van der Waals surface area contributed by atoms with Gasteiger partial charge in [-0.3, -0.25) is 34.3 Å². The molecule has 2 heterocycles. The Balaban J connectivity index is 1.72. The smallest absolute Gasteiger partial charge is 0.328 e. The topological polar surface area (TPSA) is 190 Å². The number of hydrogen-bond donors (Lipinski definition) is 3. The lowest BCUT2D eigenvalue weighted by Gasteiger charge is -2.19. The van der Waals surface area contributed by atoms with E-state index in [1.165, 1.54) is 23.2 Å². The Labute approximate surface area is 253 Å². The number of rotatable bonds is 13. The summed E-state index contributed by atoms with van der Waals surface area (Å²) in [6, 6.07) is 6.56. The average Bonchev–Trinajstić information content (AvgIpc) is 2.98. The Morgan fingerprint density at radius 1 is 1.07 bits per heavy atom. The van der Waals surface area contributed by atoms with Crippen LogP contribution in [0.2, 0.25) is 0 Å². The summed E-state index contributed by atoms with van der Waals surface area (Å²) in [6.07, 6.45) is 1.99. The molecule has 0 aliphatic rings. The molecule has 0 saturated carbocycles. The summed E-state index contributed by atoms with van der Waals surface area (Å²) < 4.78 is 9.91. The van der Waals surface area contributed by atoms with Crippen molar-refractivity contribution >= 4 is 52.8 Å². The van der Waals surface area contributed by atoms with Gasteiger partial charge in [0.1, 0.15) is 6.04 Å². The van der Waals surface area contributed by atoms with E-state index in [0.29, 0.717) is 17.7 Å². The van der Waals surface area contributed by atoms with Gasteiger partial charge < -0.3 is 19.7 Å². The van der Waals surface area contributed by atoms with Crippen LogP contribution in [0.3, 0.4) is 0 Å². The molecule has 3 N–H and O–H groups in total. The van der Waals surface area contributed by atoms with Crippen molar-refractivity contribution in [2.45, 2.75) is 60.0 Å². The van der Waals surface area contributed by atoms with Crippen LogP contribution in [-0.2, 0) is 35.2 Å². The molecule has 2 aromatic heterocycles. The van der Waals surface area contributed by atoms with E-state index in [4.69, 9.17) is 9.47 Å². The summed E-state index contributed by atoms with van der Waals surface area (Å²) in [5.74, 6) is -2.08. The first-order valence-corrected chi connectivity index (χ1v) is 14.0. The molecule has 1 atom stereocenters. The maximum Gasteiger partial charge on any atom is 0.328 e. The minimum Gasteiger partial charge on any atom is -0.466 e. The maximum atomic E-state index is 12.9. The van der Waals surface area contributed by atoms with Crippen molar-refractivity contribution < 1.29 is 33.4 Å². The fraction of sp³-hybridized carbons (Fsp3) is 0.400. The first-order chi connectivity index (χ1) is 20.9. The highest BCUT2D eigenvalue weighted by molar-refractivity contribution is 5.97. The molecule has 0 fully saturated rings. The van der Waals surface area contributed by atoms with Crippen LogP contribution in [0.15, 0.2) is 41.3 Å². The van der Waals surface area contributed by atoms with E-state index in [2.05, 4.69) is 25.6 Å². The Hall–Kier alpha value is -5.14. The normalized spacial score (nSPS) is 11.8. The van der Waals surface area contributed by atoms with Crippen LogP contribution in [0.5, 0.6) is 0 Å². The highest BCUT2D eigenvalue weighted by Crippen LogP contribution is 2.19. The highest BCUT2D eigenvalue weighted by atomic mass is 16.5. The van der Waals surface area contributed by atoms with Crippen molar-refractivity contribution in [2.24, 2.45) is 5.41 Å². The zero-order chi connectivity index (χ0) is 32.4. The molecule has 14 heteroatoms. The minimum absolute atomic E-state index is 0.00538. The summed E-state index contributed by atoms with van der Waals surface area (Å²) >= 11 is 0. The lowest BCUT2D eigenvalue weighted by atomic mass is 9.96. The molecule has 3 rings (SSSR count). The van der Waals surface area contributed by atoms with Gasteiger partial charge in [0.2, 0.25) is 18.3 Å². The second-order valence-corrected chi connectivity index (χ2v) is 10.7. The molecular formula is C30H36N6O8. The fourth-order valence-corrected chi connectivity index (χ4v) is 3.93. The second-order valence-electron chi connectivity index (χ2n) is 10.7. The zero-order valence-electron chi connectivity index (χ0n) is 25.3. The van der Waals surface area contributed by atoms with Gasteiger partial charge in [-0.05, 0) is 56.2 Å². The number of nitrogens with zero attached hydrogens (tertiary/aromatic N) is 3. The number of aromatic nitrogens is 3. The third kappa shape index (κ3) is 8.93. The maximum absolute atomic E-state index is 12.9. The molecule has 0 spiro atoms. The third-order valence-electron chi connectivity index (χ3n) is 6.29. The standard InChI is InChI=1S/C30H36N6O8/c1-6-43-23(38)13-12-22(27(41)44-7-2)32-25(39)19-8-10-20(11-9-19)36(17-37)16-18-14-21-24(31-15-18)33-29(34-26(21)40)35-28(42)30(3,4)5/h8-11,14-15,17,22H,6-7,12-13,16H2,1-5H3,(H,32,39)(H2,31,33,34,35,40,42)/t22-/m0/s1. The Bertz CT molecular complexity index is 1580. The molecule has 0 radical (unpaired) electrons. The van der Waals surface area contributed by atoms with Gasteiger partial charge in [0, 0.05) is 29.3 Å². The molecule has 1 aromatic carbocycles. The SMILES string of the molecule is CCOC(=O)CC[C@H](NC(=O)c1ccc(N(C=O)Cc2cnc3nc(NC(=O)C(C)(C)C)[nH]c(=O)c3c2)cc1)C(=O)OCC. The number of benzene rings is 1. The molecule has 0 saturated heterocycles. The van der Waals surface area contributed by atoms with Gasteiger partial charge in [0.15, 0.2) is 5.65 Å². The summed E-state index contributed by atoms with van der Waals surface area (Å²) in [5, 5.41) is 5.33. The lowest BCUT2D eigenvalue weighted by molar-refractivity contribution is -0.147. The average molecular weight is 609 g/mol. The van der Waals surface area contributed by atoms with E-state index in [1.54, 1.807) is 52.8 Å². The number of hydrogen-bond acceptors (Lipinski definition) is 10. The van der Waals surface area contributed by atoms with Crippen molar-refractivity contribution in [3.05, 3.63) is 58.0 Å². The van der Waals surface area contributed by atoms with Gasteiger partial charge in [-0.15, -0.1) is 0 Å². The summed E-state index contributed by atoms with van der Waals surface area (Å²) in [5.41, 5.74) is 0.117. The van der Waals surface area contributed by atoms with Gasteiger partial charge >= 0.3 is 11.9 Å². The monoisotopic (exact) mass is 608 g/mol. The van der Waals surface area contributed by atoms with E-state index in [-0.39, 0.29) is 61.1 Å². The molecule has 0 aliphatic heterocycles. The van der Waals surface area contributed by atoms with Crippen LogP contribution in [0.4, 0.5) is 11.6 Å². The third-order valence-corrected chi connectivity index (χ3v) is 6.29. The predicted octanol–water partition coefficient (Wildman–Crippen LogP) is 2.47. The van der Waals surface area contributed by atoms with Gasteiger partial charge in [-0.2, -0.15) is 4.98 Å². The van der Waals surface area contributed by atoms with E-state index >= 15 is 0 Å². The predicted molar refractivity (Wildman–Crippen MR) is 161 cm³/mol. The Kier molecular flexibility index (Phi) is 11.3. The van der Waals surface area contributed by atoms with Crippen LogP contribution >= 0.6 is 0 Å². The first-order valence-electron chi connectivity index (χ1n) is 14.0. The van der Waals surface area contributed by atoms with Crippen molar-refractivity contribution in [3.63, 3.8) is 0 Å². The van der Waals surface area contributed by atoms with E-state index in [9.17, 15) is 28.8 Å². The van der Waals surface area contributed by atoms with Crippen LogP contribution in [0, 0.1) is 5.41 Å². The van der Waals surface area contributed by atoms with E-state index in [0.717, 1.165) is 0 Å². The molecule has 14 nitrogen and oxygen atoms in total. The number of carbonyl (C=O) groups excluding carboxylic acids is 5. The van der Waals surface area contributed by atoms with Crippen molar-refractivity contribution in [3.8, 4) is 0 Å². The number of H-pyrrole nitrogens is 1. The van der Waals surface area contributed by atoms with E-state index in [1.807, 2.05) is 0 Å². The number of fused-ring (bicyclic) bond motifs is 1. The minimum atomic E-state index is -1.05. The molecule has 234 valence electrons. The Morgan fingerprint density at radius 2 is 1.75 bits per heavy atom. The van der Waals surface area contributed by atoms with Crippen LogP contribution < -0.4 is 21.1 Å². The summed E-state index contributed by atoms with van der Waals surface area (Å²) in [7, 11) is 0. The number of carbonyl (C=O) groups is 5. The lowest BCUT2D eigenvalue weighted by Crippen LogP contribution is -2.42. The van der Waals surface area contributed by atoms with Gasteiger partial charge in [0.25, 0.3) is 11.5 Å². The summed E-state index contributed by atoms with van der Waals surface area (Å²) in [6.45, 7) is 8.85. The van der Waals surface area contributed by atoms with Gasteiger partial charge in [-0.25, -0.2) is 9.78 Å². The molecule has 0 unspecified atom stereocenters. The van der Waals surface area contributed by atoms with Crippen molar-refractivity contribution in [1.82, 2.24) is 20.3 Å². The number of ether oxygens (including phenoxy) is 2. The number of pyridine rings is 1. The van der Waals surface area contributed by atoms with Crippen LogP contribution in [0.25, 0.3) is 11.0 Å². The molecule has 3 aromatic rings. The fourth-order valence-electron chi connectivity index (χ4n) is 3.93. The molecule has 0 bridgehead atoms. The van der Waals surface area contributed by atoms with Crippen molar-refractivity contribution in [2.75, 3.05) is 23.4 Å². The van der Waals surface area contributed by atoms with Gasteiger partial charge in [-0.1, -0.05) is 20.8 Å². The number of aromatic amines is 1. The quantitative estimate of drug-likeness (QED) is 0.192. The number of nitrogens with one attached hydrogen (secondary N) is 3. The summed E-state index contributed by atoms with van der Waals surface area (Å²) in [4.78, 5) is 86.2. The van der Waals surface area contributed by atoms with E-state index < -0.39 is 34.9 Å². The first kappa shape index (κ1) is 33.4. The Morgan fingerprint density at radius 3 is 2.36 bits per heavy atom. The number of anilines is 2. The molecule has 3 amide bonds. The second kappa shape index (κ2) is 14.8. The van der Waals surface area contributed by atoms with Crippen molar-refractivity contribution in [1.29, 1.82) is 0 Å². The van der Waals surface area contributed by atoms with Gasteiger partial charge in [0.05, 0.1) is 25.1 Å². The van der Waals surface area contributed by atoms with Crippen LogP contribution in [-0.4, -0.2) is 64.4 Å². The van der Waals surface area contributed by atoms with Crippen LogP contribution in [0.1, 0.15) is 63.4 Å². The molecular weight excluding hydrogens is 572 g/mol. The molecule has 44 heavy (non-hydrogen) atoms. The number of amides is 3. The largest absolute Gasteiger partial charge is 0.466 e. The molecule has 0 aliphatic carbocycles.